The average molecular weight is 155 g/mol. The van der Waals surface area contributed by atoms with E-state index in [1.807, 2.05) is 0 Å². The van der Waals surface area contributed by atoms with E-state index in [4.69, 9.17) is 12.3 Å². The van der Waals surface area contributed by atoms with Crippen LogP contribution in [0.25, 0.3) is 4.85 Å². The molecule has 52 valence electrons. The predicted octanol–water partition coefficient (Wildman–Crippen LogP) is 0.356. The summed E-state index contributed by atoms with van der Waals surface area (Å²) in [6, 6.07) is 0. The second-order valence-electron chi connectivity index (χ2n) is 1.43. The molecule has 1 aromatic heterocycles. The molecule has 1 aromatic rings. The highest BCUT2D eigenvalue weighted by Gasteiger charge is 2.00. The summed E-state index contributed by atoms with van der Waals surface area (Å²) in [4.78, 5) is 6.90. The molecule has 1 heterocycles. The van der Waals surface area contributed by atoms with E-state index in [1.165, 1.54) is 11.8 Å². The number of nitrogens with one attached hydrogen (secondary N) is 1. The molecule has 3 N–H and O–H groups in total. The number of rotatable bonds is 2. The Morgan fingerprint density at radius 1 is 1.80 bits per heavy atom. The van der Waals surface area contributed by atoms with Gasteiger partial charge in [0.05, 0.1) is 0 Å². The van der Waals surface area contributed by atoms with Crippen LogP contribution in [0, 0.1) is 6.57 Å². The van der Waals surface area contributed by atoms with Gasteiger partial charge >= 0.3 is 0 Å². The first-order valence-corrected chi connectivity index (χ1v) is 3.45. The number of nitrogen functional groups attached to an aromatic ring is 1. The van der Waals surface area contributed by atoms with Gasteiger partial charge in [-0.05, 0) is 0 Å². The van der Waals surface area contributed by atoms with Gasteiger partial charge in [0.25, 0.3) is 5.88 Å². The minimum absolute atomic E-state index is 0.285. The number of hydrogen-bond donors (Lipinski definition) is 2. The zero-order valence-corrected chi connectivity index (χ0v) is 5.85. The molecule has 1 rings (SSSR count). The van der Waals surface area contributed by atoms with Crippen molar-refractivity contribution in [3.8, 4) is 0 Å². The number of aromatic nitrogens is 3. The minimum atomic E-state index is 0.285. The highest BCUT2D eigenvalue weighted by Crippen LogP contribution is 2.11. The molecule has 0 radical (unpaired) electrons. The number of thioether (sulfide) groups is 1. The van der Waals surface area contributed by atoms with Gasteiger partial charge in [-0.2, -0.15) is 4.98 Å². The molecular weight excluding hydrogens is 150 g/mol. The lowest BCUT2D eigenvalue weighted by Crippen LogP contribution is -1.84. The van der Waals surface area contributed by atoms with Crippen LogP contribution in [0.4, 0.5) is 5.95 Å². The predicted molar refractivity (Wildman–Crippen MR) is 38.1 cm³/mol. The van der Waals surface area contributed by atoms with Crippen LogP contribution in [-0.4, -0.2) is 21.1 Å². The first kappa shape index (κ1) is 6.89. The van der Waals surface area contributed by atoms with Crippen molar-refractivity contribution in [2.24, 2.45) is 0 Å². The van der Waals surface area contributed by atoms with Gasteiger partial charge in [-0.25, -0.2) is 11.7 Å². The molecule has 6 heteroatoms. The number of H-pyrrole nitrogens is 1. The third kappa shape index (κ3) is 1.63. The first-order valence-electron chi connectivity index (χ1n) is 2.47. The Morgan fingerprint density at radius 3 is 3.10 bits per heavy atom. The van der Waals surface area contributed by atoms with E-state index in [0.29, 0.717) is 11.0 Å². The summed E-state index contributed by atoms with van der Waals surface area (Å²) < 4.78 is 0. The van der Waals surface area contributed by atoms with Crippen molar-refractivity contribution < 1.29 is 0 Å². The topological polar surface area (TPSA) is 72.0 Å². The third-order valence-corrected chi connectivity index (χ3v) is 1.44. The Labute approximate surface area is 61.8 Å². The van der Waals surface area contributed by atoms with Gasteiger partial charge in [-0.15, -0.1) is 5.10 Å². The van der Waals surface area contributed by atoms with Gasteiger partial charge in [0, 0.05) is 11.8 Å². The Morgan fingerprint density at radius 2 is 2.60 bits per heavy atom. The molecule has 5 nitrogen and oxygen atoms in total. The standard InChI is InChI=1S/C4H5N5S/c1-6-2-10-4-7-3(5)8-9-4/h2H2,(H3,5,7,8,9). The molecule has 0 saturated heterocycles. The quantitative estimate of drug-likeness (QED) is 0.477. The number of aromatic amines is 1. The second kappa shape index (κ2) is 3.08. The molecule has 0 bridgehead atoms. The molecule has 10 heavy (non-hydrogen) atoms. The Balaban J connectivity index is 2.52. The zero-order valence-electron chi connectivity index (χ0n) is 5.03. The second-order valence-corrected chi connectivity index (χ2v) is 2.35. The van der Waals surface area contributed by atoms with Crippen molar-refractivity contribution in [1.29, 1.82) is 0 Å². The maximum atomic E-state index is 6.47. The molecule has 0 unspecified atom stereocenters. The van der Waals surface area contributed by atoms with Gasteiger partial charge in [0.15, 0.2) is 0 Å². The molecule has 0 aliphatic heterocycles. The van der Waals surface area contributed by atoms with Gasteiger partial charge in [-0.3, -0.25) is 0 Å². The maximum absolute atomic E-state index is 6.47. The normalized spacial score (nSPS) is 9.10. The van der Waals surface area contributed by atoms with Crippen molar-refractivity contribution in [3.63, 3.8) is 0 Å². The lowest BCUT2D eigenvalue weighted by molar-refractivity contribution is 0.975. The van der Waals surface area contributed by atoms with E-state index in [0.717, 1.165) is 0 Å². The van der Waals surface area contributed by atoms with Crippen LogP contribution < -0.4 is 5.73 Å². The van der Waals surface area contributed by atoms with Crippen LogP contribution in [0.15, 0.2) is 5.16 Å². The smallest absolute Gasteiger partial charge is 0.267 e. The van der Waals surface area contributed by atoms with Crippen LogP contribution in [0.3, 0.4) is 0 Å². The Hall–Kier alpha value is -1.22. The van der Waals surface area contributed by atoms with Gasteiger partial charge < -0.3 is 10.6 Å². The lowest BCUT2D eigenvalue weighted by atomic mass is 11.1. The van der Waals surface area contributed by atoms with Crippen LogP contribution in [0.2, 0.25) is 0 Å². The molecule has 0 saturated carbocycles. The van der Waals surface area contributed by atoms with Crippen LogP contribution in [0.1, 0.15) is 0 Å². The number of nitrogens with zero attached hydrogens (tertiary/aromatic N) is 3. The van der Waals surface area contributed by atoms with E-state index in [2.05, 4.69) is 20.0 Å². The SMILES string of the molecule is [C-]#[N+]CSc1n[nH]c(N)n1. The fraction of sp³-hybridized carbons (Fsp3) is 0.250. The van der Waals surface area contributed by atoms with E-state index >= 15 is 0 Å². The third-order valence-electron chi connectivity index (χ3n) is 0.740. The monoisotopic (exact) mass is 155 g/mol. The van der Waals surface area contributed by atoms with Crippen molar-refractivity contribution in [2.75, 3.05) is 11.6 Å². The van der Waals surface area contributed by atoms with Crippen LogP contribution >= 0.6 is 11.8 Å². The Kier molecular flexibility index (Phi) is 2.12. The number of anilines is 1. The molecule has 0 spiro atoms. The molecule has 0 aromatic carbocycles. The van der Waals surface area contributed by atoms with Crippen molar-refractivity contribution in [3.05, 3.63) is 11.4 Å². The highest BCUT2D eigenvalue weighted by atomic mass is 32.2. The summed E-state index contributed by atoms with van der Waals surface area (Å²) in [5.41, 5.74) is 5.23. The fourth-order valence-electron chi connectivity index (χ4n) is 0.413. The molecular formula is C4H5N5S. The molecule has 0 fully saturated rings. The summed E-state index contributed by atoms with van der Waals surface area (Å²) in [7, 11) is 0. The van der Waals surface area contributed by atoms with Gasteiger partial charge in [0.2, 0.25) is 11.1 Å². The highest BCUT2D eigenvalue weighted by molar-refractivity contribution is 7.99. The van der Waals surface area contributed by atoms with Crippen molar-refractivity contribution in [1.82, 2.24) is 15.2 Å². The maximum Gasteiger partial charge on any atom is 0.267 e. The van der Waals surface area contributed by atoms with Gasteiger partial charge in [-0.1, -0.05) is 0 Å². The van der Waals surface area contributed by atoms with Crippen LogP contribution in [0.5, 0.6) is 0 Å². The minimum Gasteiger partial charge on any atom is -0.368 e. The molecule has 0 aliphatic rings. The first-order chi connectivity index (χ1) is 4.83. The largest absolute Gasteiger partial charge is 0.368 e. The summed E-state index contributed by atoms with van der Waals surface area (Å²) in [6.07, 6.45) is 0. The fourth-order valence-corrected chi connectivity index (χ4v) is 0.866. The summed E-state index contributed by atoms with van der Waals surface area (Å²) in [5.74, 6) is 0.615. The molecule has 0 atom stereocenters. The van der Waals surface area contributed by atoms with E-state index in [9.17, 15) is 0 Å². The lowest BCUT2D eigenvalue weighted by Gasteiger charge is -1.79. The van der Waals surface area contributed by atoms with Gasteiger partial charge in [0.1, 0.15) is 0 Å². The summed E-state index contributed by atoms with van der Waals surface area (Å²) in [6.45, 7) is 6.47. The van der Waals surface area contributed by atoms with E-state index < -0.39 is 0 Å². The van der Waals surface area contributed by atoms with E-state index in [1.54, 1.807) is 0 Å². The molecule has 0 aliphatic carbocycles. The van der Waals surface area contributed by atoms with Crippen LogP contribution in [-0.2, 0) is 0 Å². The Bertz CT molecular complexity index is 248. The summed E-state index contributed by atoms with van der Waals surface area (Å²) >= 11 is 1.25. The average Bonchev–Trinajstić information content (AvgIpc) is 2.31. The number of hydrogen-bond acceptors (Lipinski definition) is 4. The zero-order chi connectivity index (χ0) is 7.40. The molecule has 0 amide bonds. The van der Waals surface area contributed by atoms with E-state index in [-0.39, 0.29) is 5.95 Å². The van der Waals surface area contributed by atoms with Crippen molar-refractivity contribution >= 4 is 17.7 Å². The van der Waals surface area contributed by atoms with Crippen molar-refractivity contribution in [2.45, 2.75) is 5.16 Å². The number of nitrogens with two attached hydrogens (primary N) is 1. The summed E-state index contributed by atoms with van der Waals surface area (Å²) in [5, 5.41) is 6.70.